The fourth-order valence-corrected chi connectivity index (χ4v) is 4.66. The second kappa shape index (κ2) is 6.63. The van der Waals surface area contributed by atoms with Gasteiger partial charge in [-0.25, -0.2) is 18.4 Å². The highest BCUT2D eigenvalue weighted by Gasteiger charge is 2.28. The lowest BCUT2D eigenvalue weighted by atomic mass is 10.0. The van der Waals surface area contributed by atoms with Gasteiger partial charge in [0.1, 0.15) is 6.33 Å². The van der Waals surface area contributed by atoms with Gasteiger partial charge in [-0.05, 0) is 30.2 Å². The van der Waals surface area contributed by atoms with Crippen LogP contribution in [-0.4, -0.2) is 29.2 Å². The van der Waals surface area contributed by atoms with Gasteiger partial charge in [0.2, 0.25) is 10.0 Å². The molecule has 0 unspecified atom stereocenters. The van der Waals surface area contributed by atoms with Crippen LogP contribution in [-0.2, 0) is 23.0 Å². The van der Waals surface area contributed by atoms with Crippen LogP contribution in [0, 0.1) is 6.92 Å². The number of aryl methyl sites for hydroxylation is 1. The van der Waals surface area contributed by atoms with Crippen molar-refractivity contribution in [2.75, 3.05) is 6.54 Å². The summed E-state index contributed by atoms with van der Waals surface area (Å²) in [5.74, 6) is 0. The molecule has 1 aromatic heterocycles. The molecule has 0 spiro atoms. The van der Waals surface area contributed by atoms with E-state index < -0.39 is 10.0 Å². The van der Waals surface area contributed by atoms with Crippen molar-refractivity contribution in [3.05, 3.63) is 77.9 Å². The van der Waals surface area contributed by atoms with E-state index in [1.807, 2.05) is 37.3 Å². The highest BCUT2D eigenvalue weighted by atomic mass is 32.2. The quantitative estimate of drug-likeness (QED) is 0.715. The molecule has 26 heavy (non-hydrogen) atoms. The number of sulfonamides is 1. The molecule has 0 amide bonds. The van der Waals surface area contributed by atoms with Gasteiger partial charge in [-0.15, -0.1) is 0 Å². The first-order valence-corrected chi connectivity index (χ1v) is 9.93. The van der Waals surface area contributed by atoms with E-state index in [2.05, 4.69) is 16.0 Å². The molecule has 1 aliphatic rings. The Kier molecular flexibility index (Phi) is 4.30. The van der Waals surface area contributed by atoms with Crippen LogP contribution in [0.25, 0.3) is 11.1 Å². The van der Waals surface area contributed by atoms with E-state index in [1.54, 1.807) is 18.3 Å². The van der Waals surface area contributed by atoms with Crippen molar-refractivity contribution in [3.8, 4) is 11.1 Å². The average Bonchev–Trinajstić information content (AvgIpc) is 2.67. The van der Waals surface area contributed by atoms with E-state index >= 15 is 0 Å². The summed E-state index contributed by atoms with van der Waals surface area (Å²) in [7, 11) is -3.53. The van der Waals surface area contributed by atoms with E-state index in [0.717, 1.165) is 22.4 Å². The number of benzene rings is 2. The predicted octanol–water partition coefficient (Wildman–Crippen LogP) is 3.20. The van der Waals surface area contributed by atoms with Crippen molar-refractivity contribution in [2.45, 2.75) is 24.8 Å². The molecule has 5 nitrogen and oxygen atoms in total. The Hall–Kier alpha value is -2.57. The summed E-state index contributed by atoms with van der Waals surface area (Å²) in [5.41, 5.74) is 5.07. The zero-order valence-electron chi connectivity index (χ0n) is 14.5. The van der Waals surface area contributed by atoms with Crippen LogP contribution in [0.15, 0.2) is 66.0 Å². The molecule has 0 atom stereocenters. The van der Waals surface area contributed by atoms with Gasteiger partial charge < -0.3 is 0 Å². The summed E-state index contributed by atoms with van der Waals surface area (Å²) in [6.45, 7) is 2.80. The summed E-state index contributed by atoms with van der Waals surface area (Å²) < 4.78 is 27.5. The molecule has 1 aliphatic heterocycles. The lowest BCUT2D eigenvalue weighted by Crippen LogP contribution is -2.36. The summed E-state index contributed by atoms with van der Waals surface area (Å²) in [5, 5.41) is 0. The number of nitrogens with zero attached hydrogens (tertiary/aromatic N) is 3. The van der Waals surface area contributed by atoms with Crippen LogP contribution in [0.4, 0.5) is 0 Å². The summed E-state index contributed by atoms with van der Waals surface area (Å²) >= 11 is 0. The van der Waals surface area contributed by atoms with Crippen LogP contribution in [0.2, 0.25) is 0 Å². The van der Waals surface area contributed by atoms with Crippen LogP contribution in [0.1, 0.15) is 16.8 Å². The third-order valence-corrected chi connectivity index (χ3v) is 6.53. The second-order valence-electron chi connectivity index (χ2n) is 6.48. The first-order valence-electron chi connectivity index (χ1n) is 8.49. The Morgan fingerprint density at radius 3 is 2.62 bits per heavy atom. The van der Waals surface area contributed by atoms with E-state index in [1.165, 1.54) is 16.2 Å². The van der Waals surface area contributed by atoms with E-state index in [-0.39, 0.29) is 0 Å². The summed E-state index contributed by atoms with van der Waals surface area (Å²) in [4.78, 5) is 8.55. The van der Waals surface area contributed by atoms with Gasteiger partial charge in [-0.3, -0.25) is 0 Å². The topological polar surface area (TPSA) is 63.2 Å². The van der Waals surface area contributed by atoms with Crippen LogP contribution in [0.5, 0.6) is 0 Å². The molecule has 0 N–H and O–H groups in total. The Labute approximate surface area is 153 Å². The molecule has 2 aromatic carbocycles. The van der Waals surface area contributed by atoms with Crippen LogP contribution >= 0.6 is 0 Å². The Balaban J connectivity index is 1.61. The summed E-state index contributed by atoms with van der Waals surface area (Å²) in [6.07, 6.45) is 3.82. The minimum Gasteiger partial charge on any atom is -0.244 e. The zero-order valence-corrected chi connectivity index (χ0v) is 15.3. The number of fused-ring (bicyclic) bond motifs is 1. The number of rotatable bonds is 3. The molecule has 0 aliphatic carbocycles. The number of hydrogen-bond donors (Lipinski definition) is 0. The smallest absolute Gasteiger partial charge is 0.243 e. The van der Waals surface area contributed by atoms with Crippen molar-refractivity contribution in [2.24, 2.45) is 0 Å². The zero-order chi connectivity index (χ0) is 18.1. The van der Waals surface area contributed by atoms with Gasteiger partial charge in [-0.1, -0.05) is 42.0 Å². The molecule has 4 rings (SSSR count). The maximum atomic E-state index is 13.0. The SMILES string of the molecule is Cc1cccc(-c2ccc(S(=O)(=O)N3CCc4ncncc4C3)cc2)c1. The van der Waals surface area contributed by atoms with Crippen molar-refractivity contribution < 1.29 is 8.42 Å². The van der Waals surface area contributed by atoms with Gasteiger partial charge >= 0.3 is 0 Å². The Morgan fingerprint density at radius 2 is 1.85 bits per heavy atom. The van der Waals surface area contributed by atoms with Gasteiger partial charge in [0, 0.05) is 37.0 Å². The molecule has 3 aromatic rings. The highest BCUT2D eigenvalue weighted by molar-refractivity contribution is 7.89. The standard InChI is InChI=1S/C20H19N3O2S/c1-15-3-2-4-17(11-15)16-5-7-19(8-6-16)26(24,25)23-10-9-20-18(13-23)12-21-14-22-20/h2-8,11-12,14H,9-10,13H2,1H3. The van der Waals surface area contributed by atoms with Crippen molar-refractivity contribution in [3.63, 3.8) is 0 Å². The van der Waals surface area contributed by atoms with Crippen molar-refractivity contribution >= 4 is 10.0 Å². The normalized spacial score (nSPS) is 14.8. The van der Waals surface area contributed by atoms with Gasteiger partial charge in [0.15, 0.2) is 0 Å². The van der Waals surface area contributed by atoms with E-state index in [9.17, 15) is 8.42 Å². The fourth-order valence-electron chi connectivity index (χ4n) is 3.24. The number of aromatic nitrogens is 2. The van der Waals surface area contributed by atoms with Crippen molar-refractivity contribution in [1.29, 1.82) is 0 Å². The molecule has 0 fully saturated rings. The fraction of sp³-hybridized carbons (Fsp3) is 0.200. The first-order chi connectivity index (χ1) is 12.5. The Bertz CT molecular complexity index is 1050. The largest absolute Gasteiger partial charge is 0.244 e. The van der Waals surface area contributed by atoms with Gasteiger partial charge in [-0.2, -0.15) is 4.31 Å². The molecule has 132 valence electrons. The highest BCUT2D eigenvalue weighted by Crippen LogP contribution is 2.26. The minimum atomic E-state index is -3.53. The third-order valence-electron chi connectivity index (χ3n) is 4.67. The first kappa shape index (κ1) is 16.9. The van der Waals surface area contributed by atoms with Crippen LogP contribution < -0.4 is 0 Å². The van der Waals surface area contributed by atoms with Crippen molar-refractivity contribution in [1.82, 2.24) is 14.3 Å². The molecular weight excluding hydrogens is 346 g/mol. The predicted molar refractivity (Wildman–Crippen MR) is 99.9 cm³/mol. The molecule has 0 saturated carbocycles. The summed E-state index contributed by atoms with van der Waals surface area (Å²) in [6, 6.07) is 15.3. The lowest BCUT2D eigenvalue weighted by molar-refractivity contribution is 0.387. The van der Waals surface area contributed by atoms with Gasteiger partial charge in [0.05, 0.1) is 4.90 Å². The molecule has 0 radical (unpaired) electrons. The van der Waals surface area contributed by atoms with Gasteiger partial charge in [0.25, 0.3) is 0 Å². The monoisotopic (exact) mass is 365 g/mol. The second-order valence-corrected chi connectivity index (χ2v) is 8.42. The maximum Gasteiger partial charge on any atom is 0.243 e. The van der Waals surface area contributed by atoms with Crippen LogP contribution in [0.3, 0.4) is 0 Å². The molecule has 2 heterocycles. The molecular formula is C20H19N3O2S. The third kappa shape index (κ3) is 3.13. The van der Waals surface area contributed by atoms with E-state index in [4.69, 9.17) is 0 Å². The maximum absolute atomic E-state index is 13.0. The number of hydrogen-bond acceptors (Lipinski definition) is 4. The molecule has 6 heteroatoms. The minimum absolute atomic E-state index is 0.314. The Morgan fingerprint density at radius 1 is 1.04 bits per heavy atom. The lowest BCUT2D eigenvalue weighted by Gasteiger charge is -2.27. The average molecular weight is 365 g/mol. The molecule has 0 bridgehead atoms. The molecule has 0 saturated heterocycles. The van der Waals surface area contributed by atoms with E-state index in [0.29, 0.717) is 24.4 Å².